The number of nitrogens with zero attached hydrogens (tertiary/aromatic N) is 2. The number of carboxylic acids is 1. The predicted octanol–water partition coefficient (Wildman–Crippen LogP) is -0.896. The molecule has 0 bridgehead atoms. The van der Waals surface area contributed by atoms with Crippen LogP contribution >= 0.6 is 0 Å². The topological polar surface area (TPSA) is 68.1 Å². The normalized spacial score (nSPS) is 22.9. The first kappa shape index (κ1) is 21.9. The van der Waals surface area contributed by atoms with Gasteiger partial charge in [-0.3, -0.25) is 4.79 Å². The summed E-state index contributed by atoms with van der Waals surface area (Å²) in [6, 6.07) is 0. The van der Waals surface area contributed by atoms with Crippen LogP contribution in [0.2, 0.25) is 0 Å². The van der Waals surface area contributed by atoms with Crippen molar-refractivity contribution in [2.24, 2.45) is 17.3 Å². The predicted molar refractivity (Wildman–Crippen MR) is 97.0 cm³/mol. The van der Waals surface area contributed by atoms with Crippen molar-refractivity contribution in [1.82, 2.24) is 9.80 Å². The molecule has 0 radical (unpaired) electrons. The number of nitrogens with one attached hydrogen (secondary N) is 1. The van der Waals surface area contributed by atoms with Crippen LogP contribution in [0.3, 0.4) is 0 Å². The Morgan fingerprint density at radius 2 is 1.84 bits per heavy atom. The summed E-state index contributed by atoms with van der Waals surface area (Å²) in [5, 5.41) is 11.1. The summed E-state index contributed by atoms with van der Waals surface area (Å²) in [4.78, 5) is 29.3. The number of carbonyl (C=O) groups excluding carboxylic acids is 2. The van der Waals surface area contributed by atoms with Crippen molar-refractivity contribution in [3.05, 3.63) is 0 Å². The Morgan fingerprint density at radius 1 is 1.20 bits per heavy atom. The van der Waals surface area contributed by atoms with E-state index in [9.17, 15) is 14.7 Å². The summed E-state index contributed by atoms with van der Waals surface area (Å²) in [5.41, 5.74) is -0.389. The van der Waals surface area contributed by atoms with Crippen LogP contribution in [0.1, 0.15) is 40.0 Å². The van der Waals surface area contributed by atoms with Gasteiger partial charge in [0.2, 0.25) is 5.91 Å². The molecule has 146 valence electrons. The van der Waals surface area contributed by atoms with Gasteiger partial charge in [-0.05, 0) is 38.8 Å². The Bertz CT molecular complexity index is 446. The van der Waals surface area contributed by atoms with Crippen molar-refractivity contribution in [3.8, 4) is 0 Å². The Labute approximate surface area is 153 Å². The molecule has 0 aromatic heterocycles. The number of carbonyl (C=O) groups is 2. The zero-order valence-electron chi connectivity index (χ0n) is 16.9. The molecular formula is C19H37N3O3. The highest BCUT2D eigenvalue weighted by molar-refractivity contribution is 5.81. The van der Waals surface area contributed by atoms with E-state index in [2.05, 4.69) is 26.0 Å². The molecule has 25 heavy (non-hydrogen) atoms. The fraction of sp³-hybridized carbons (Fsp3) is 0.895. The summed E-state index contributed by atoms with van der Waals surface area (Å²) in [5.74, 6) is -0.445. The average molecular weight is 356 g/mol. The van der Waals surface area contributed by atoms with E-state index in [-0.39, 0.29) is 29.6 Å². The maximum atomic E-state index is 12.6. The third-order valence-corrected chi connectivity index (χ3v) is 5.18. The molecule has 1 saturated heterocycles. The summed E-state index contributed by atoms with van der Waals surface area (Å²) >= 11 is 0. The number of amides is 1. The molecular weight excluding hydrogens is 318 g/mol. The highest BCUT2D eigenvalue weighted by Gasteiger charge is 2.35. The van der Waals surface area contributed by atoms with Gasteiger partial charge in [0.15, 0.2) is 0 Å². The summed E-state index contributed by atoms with van der Waals surface area (Å²) in [7, 11) is 6.32. The van der Waals surface area contributed by atoms with Gasteiger partial charge in [0.25, 0.3) is 0 Å². The van der Waals surface area contributed by atoms with Crippen LogP contribution in [0, 0.1) is 17.3 Å². The number of likely N-dealkylation sites (N-methyl/N-ethyl adjacent to an activating group) is 2. The Kier molecular flexibility index (Phi) is 8.35. The largest absolute Gasteiger partial charge is 0.550 e. The van der Waals surface area contributed by atoms with E-state index in [1.807, 2.05) is 25.7 Å². The van der Waals surface area contributed by atoms with Crippen LogP contribution in [-0.4, -0.2) is 75.5 Å². The van der Waals surface area contributed by atoms with E-state index in [0.29, 0.717) is 13.1 Å². The lowest BCUT2D eigenvalue weighted by Gasteiger charge is -2.41. The minimum atomic E-state index is -0.973. The van der Waals surface area contributed by atoms with Crippen molar-refractivity contribution in [1.29, 1.82) is 0 Å². The molecule has 1 fully saturated rings. The van der Waals surface area contributed by atoms with Gasteiger partial charge in [0.1, 0.15) is 0 Å². The van der Waals surface area contributed by atoms with Gasteiger partial charge in [0, 0.05) is 37.4 Å². The van der Waals surface area contributed by atoms with Crippen molar-refractivity contribution in [2.45, 2.75) is 40.0 Å². The molecule has 0 aromatic rings. The number of rotatable bonds is 8. The summed E-state index contributed by atoms with van der Waals surface area (Å²) < 4.78 is 0. The zero-order valence-corrected chi connectivity index (χ0v) is 16.9. The highest BCUT2D eigenvalue weighted by Crippen LogP contribution is 2.31. The molecule has 1 N–H and O–H groups in total. The van der Waals surface area contributed by atoms with Crippen molar-refractivity contribution in [2.75, 3.05) is 53.9 Å². The minimum Gasteiger partial charge on any atom is -0.550 e. The lowest BCUT2D eigenvalue weighted by molar-refractivity contribution is -0.879. The van der Waals surface area contributed by atoms with Crippen LogP contribution in [0.5, 0.6) is 0 Å². The van der Waals surface area contributed by atoms with Gasteiger partial charge < -0.3 is 24.6 Å². The number of hydrogen-bond acceptors (Lipinski definition) is 4. The number of hydrogen-bond donors (Lipinski definition) is 1. The third-order valence-electron chi connectivity index (χ3n) is 5.18. The number of likely N-dealkylation sites (tertiary alicyclic amines) is 1. The highest BCUT2D eigenvalue weighted by atomic mass is 16.4. The molecule has 1 aliphatic rings. The molecule has 0 aromatic carbocycles. The van der Waals surface area contributed by atoms with Gasteiger partial charge >= 0.3 is 0 Å². The number of quaternary nitrogens is 1. The second kappa shape index (κ2) is 9.53. The van der Waals surface area contributed by atoms with Gasteiger partial charge in [0.05, 0.1) is 20.1 Å². The third kappa shape index (κ3) is 7.74. The fourth-order valence-electron chi connectivity index (χ4n) is 3.52. The smallest absolute Gasteiger partial charge is 0.227 e. The monoisotopic (exact) mass is 355 g/mol. The van der Waals surface area contributed by atoms with Gasteiger partial charge in [-0.15, -0.1) is 0 Å². The van der Waals surface area contributed by atoms with Gasteiger partial charge in [-0.1, -0.05) is 20.8 Å². The molecule has 3 atom stereocenters. The van der Waals surface area contributed by atoms with Crippen LogP contribution in [0.15, 0.2) is 0 Å². The van der Waals surface area contributed by atoms with Gasteiger partial charge in [-0.25, -0.2) is 0 Å². The maximum Gasteiger partial charge on any atom is 0.227 e. The first-order valence-corrected chi connectivity index (χ1v) is 9.46. The molecule has 1 aliphatic heterocycles. The van der Waals surface area contributed by atoms with E-state index in [0.717, 1.165) is 32.5 Å². The molecule has 1 rings (SSSR count). The van der Waals surface area contributed by atoms with Crippen molar-refractivity contribution < 1.29 is 19.6 Å². The standard InChI is InChI=1S/C19H37N3O3/c1-19(2,3)18(25)22-10-8-15(13-17(23)24)16(14-22)7-9-21(6)12-11-20(4)5/h15-16H,7-14H2,1-6H3,(H,23,24)/t15-,16-/m0/s1. The van der Waals surface area contributed by atoms with Crippen LogP contribution in [0.4, 0.5) is 0 Å². The fourth-order valence-corrected chi connectivity index (χ4v) is 3.52. The van der Waals surface area contributed by atoms with E-state index in [1.54, 1.807) is 0 Å². The SMILES string of the molecule is CN(C)CC[NH+](C)CC[C@H]1CN(C(=O)C(C)(C)C)CC[C@H]1CC(=O)[O-]. The molecule has 1 heterocycles. The number of piperidine rings is 1. The summed E-state index contributed by atoms with van der Waals surface area (Å²) in [6.45, 7) is 10.3. The number of aliphatic carboxylic acids is 1. The molecule has 1 unspecified atom stereocenters. The first-order chi connectivity index (χ1) is 11.5. The second-order valence-corrected chi connectivity index (χ2v) is 8.94. The molecule has 1 amide bonds. The van der Waals surface area contributed by atoms with E-state index < -0.39 is 5.97 Å². The molecule has 6 nitrogen and oxygen atoms in total. The van der Waals surface area contributed by atoms with Crippen molar-refractivity contribution in [3.63, 3.8) is 0 Å². The van der Waals surface area contributed by atoms with Gasteiger partial charge in [-0.2, -0.15) is 0 Å². The molecule has 0 aliphatic carbocycles. The van der Waals surface area contributed by atoms with E-state index >= 15 is 0 Å². The molecule has 6 heteroatoms. The second-order valence-electron chi connectivity index (χ2n) is 8.94. The molecule has 0 spiro atoms. The Hall–Kier alpha value is -1.14. The lowest BCUT2D eigenvalue weighted by Crippen LogP contribution is -3.09. The Balaban J connectivity index is 2.66. The van der Waals surface area contributed by atoms with Crippen LogP contribution in [0.25, 0.3) is 0 Å². The molecule has 0 saturated carbocycles. The Morgan fingerprint density at radius 3 is 2.36 bits per heavy atom. The van der Waals surface area contributed by atoms with Crippen LogP contribution < -0.4 is 10.0 Å². The maximum absolute atomic E-state index is 12.6. The summed E-state index contributed by atoms with van der Waals surface area (Å²) in [6.07, 6.45) is 1.82. The zero-order chi connectivity index (χ0) is 19.2. The first-order valence-electron chi connectivity index (χ1n) is 9.46. The lowest BCUT2D eigenvalue weighted by atomic mass is 9.80. The number of carboxylic acid groups (broad SMARTS) is 1. The van der Waals surface area contributed by atoms with E-state index in [1.165, 1.54) is 4.90 Å². The quantitative estimate of drug-likeness (QED) is 0.613. The average Bonchev–Trinajstić information content (AvgIpc) is 2.49. The van der Waals surface area contributed by atoms with Crippen molar-refractivity contribution >= 4 is 11.9 Å². The minimum absolute atomic E-state index is 0.110. The van der Waals surface area contributed by atoms with E-state index in [4.69, 9.17) is 0 Å². The van der Waals surface area contributed by atoms with Crippen LogP contribution in [-0.2, 0) is 9.59 Å².